The lowest BCUT2D eigenvalue weighted by atomic mass is 10.1. The van der Waals surface area contributed by atoms with Gasteiger partial charge in [0.15, 0.2) is 0 Å². The molecule has 0 radical (unpaired) electrons. The van der Waals surface area contributed by atoms with Crippen LogP contribution in [0.25, 0.3) is 12.2 Å². The molecule has 14 heteroatoms. The van der Waals surface area contributed by atoms with Crippen molar-refractivity contribution in [2.24, 2.45) is 0 Å². The van der Waals surface area contributed by atoms with Gasteiger partial charge in [-0.3, -0.25) is 29.8 Å². The molecule has 2 atom stereocenters. The molecule has 6 rings (SSSR count). The fraction of sp³-hybridized carbons (Fsp3) is 0.333. The standard InChI is InChI=1S/C48H54N6O8/c1-47(2,3)61-45(59)51-37-15-9-7-13-35(37)43(57)53-29-11-17-39(53)41(55)49-33-25-21-31(22-26-33)19-20-32-23-27-34(28-24-32)50-42(56)40-18-12-30-54(40)44(58)36-14-8-10-16-38(36)52-46(60)62-48(4,5)6/h7-10,13-16,19-28,39-40H,11-12,17-18,29-30H2,1-6H3,(H,49,55)(H,50,56)(H,51,59)(H,52,60)/t39-,40-/m0/s1. The molecule has 0 saturated carbocycles. The Morgan fingerprint density at radius 1 is 0.516 bits per heavy atom. The third-order valence-electron chi connectivity index (χ3n) is 10.0. The molecule has 324 valence electrons. The highest BCUT2D eigenvalue weighted by molar-refractivity contribution is 6.07. The summed E-state index contributed by atoms with van der Waals surface area (Å²) in [5.41, 5.74) is 2.69. The van der Waals surface area contributed by atoms with E-state index in [1.807, 2.05) is 36.4 Å². The van der Waals surface area contributed by atoms with Crippen LogP contribution in [-0.2, 0) is 19.1 Å². The number of nitrogens with one attached hydrogen (secondary N) is 4. The second-order valence-electron chi connectivity index (χ2n) is 17.2. The van der Waals surface area contributed by atoms with Crippen molar-refractivity contribution >= 4 is 70.7 Å². The van der Waals surface area contributed by atoms with Gasteiger partial charge in [0, 0.05) is 24.5 Å². The summed E-state index contributed by atoms with van der Waals surface area (Å²) in [6, 6.07) is 26.7. The molecule has 14 nitrogen and oxygen atoms in total. The Labute approximate surface area is 362 Å². The number of likely N-dealkylation sites (tertiary alicyclic amines) is 2. The largest absolute Gasteiger partial charge is 0.444 e. The molecule has 0 bridgehead atoms. The van der Waals surface area contributed by atoms with Gasteiger partial charge in [0.25, 0.3) is 11.8 Å². The zero-order valence-electron chi connectivity index (χ0n) is 36.0. The Bertz CT molecular complexity index is 2170. The smallest absolute Gasteiger partial charge is 0.412 e. The number of hydrogen-bond donors (Lipinski definition) is 4. The van der Waals surface area contributed by atoms with Crippen LogP contribution in [0.5, 0.6) is 0 Å². The van der Waals surface area contributed by atoms with Gasteiger partial charge in [-0.25, -0.2) is 9.59 Å². The molecule has 0 aromatic heterocycles. The predicted octanol–water partition coefficient (Wildman–Crippen LogP) is 9.04. The van der Waals surface area contributed by atoms with Gasteiger partial charge in [-0.15, -0.1) is 0 Å². The van der Waals surface area contributed by atoms with E-state index in [4.69, 9.17) is 9.47 Å². The van der Waals surface area contributed by atoms with Gasteiger partial charge in [-0.1, -0.05) is 60.7 Å². The van der Waals surface area contributed by atoms with Crippen molar-refractivity contribution in [3.05, 3.63) is 119 Å². The van der Waals surface area contributed by atoms with Crippen molar-refractivity contribution in [2.45, 2.75) is 90.5 Å². The molecule has 4 aromatic carbocycles. The Morgan fingerprint density at radius 3 is 1.23 bits per heavy atom. The maximum atomic E-state index is 13.7. The predicted molar refractivity (Wildman–Crippen MR) is 240 cm³/mol. The highest BCUT2D eigenvalue weighted by Crippen LogP contribution is 2.28. The number of benzene rings is 4. The van der Waals surface area contributed by atoms with E-state index in [9.17, 15) is 28.8 Å². The van der Waals surface area contributed by atoms with Crippen molar-refractivity contribution in [1.29, 1.82) is 0 Å². The van der Waals surface area contributed by atoms with Crippen LogP contribution < -0.4 is 21.3 Å². The molecule has 2 aliphatic heterocycles. The molecule has 2 aliphatic rings. The van der Waals surface area contributed by atoms with Crippen LogP contribution in [0.3, 0.4) is 0 Å². The molecule has 2 saturated heterocycles. The summed E-state index contributed by atoms with van der Waals surface area (Å²) < 4.78 is 10.7. The molecule has 62 heavy (non-hydrogen) atoms. The molecule has 0 spiro atoms. The molecule has 0 unspecified atom stereocenters. The van der Waals surface area contributed by atoms with Crippen molar-refractivity contribution in [3.8, 4) is 0 Å². The summed E-state index contributed by atoms with van der Waals surface area (Å²) in [5.74, 6) is -1.30. The van der Waals surface area contributed by atoms with Gasteiger partial charge in [0.2, 0.25) is 11.8 Å². The maximum absolute atomic E-state index is 13.7. The quantitative estimate of drug-likeness (QED) is 0.114. The number of rotatable bonds is 10. The zero-order chi connectivity index (χ0) is 44.6. The van der Waals surface area contributed by atoms with Gasteiger partial charge >= 0.3 is 12.2 Å². The van der Waals surface area contributed by atoms with E-state index in [0.29, 0.717) is 61.5 Å². The summed E-state index contributed by atoms with van der Waals surface area (Å²) >= 11 is 0. The second kappa shape index (κ2) is 19.2. The molecule has 2 fully saturated rings. The average Bonchev–Trinajstić information content (AvgIpc) is 3.91. The normalized spacial score (nSPS) is 16.4. The van der Waals surface area contributed by atoms with Gasteiger partial charge < -0.3 is 29.9 Å². The minimum Gasteiger partial charge on any atom is -0.444 e. The van der Waals surface area contributed by atoms with Gasteiger partial charge in [0.05, 0.1) is 22.5 Å². The molecular formula is C48H54N6O8. The Kier molecular flexibility index (Phi) is 13.8. The number of nitrogens with zero attached hydrogens (tertiary/aromatic N) is 2. The fourth-order valence-corrected chi connectivity index (χ4v) is 7.26. The zero-order valence-corrected chi connectivity index (χ0v) is 36.0. The number of carbonyl (C=O) groups is 6. The third kappa shape index (κ3) is 11.9. The summed E-state index contributed by atoms with van der Waals surface area (Å²) in [6.07, 6.45) is 4.84. The summed E-state index contributed by atoms with van der Waals surface area (Å²) in [7, 11) is 0. The number of hydrogen-bond acceptors (Lipinski definition) is 8. The number of anilines is 4. The average molecular weight is 843 g/mol. The minimum absolute atomic E-state index is 0.271. The third-order valence-corrected chi connectivity index (χ3v) is 10.0. The van der Waals surface area contributed by atoms with E-state index in [1.165, 1.54) is 0 Å². The van der Waals surface area contributed by atoms with E-state index in [-0.39, 0.29) is 34.8 Å². The number of amides is 6. The molecular weight excluding hydrogens is 789 g/mol. The van der Waals surface area contributed by atoms with E-state index >= 15 is 0 Å². The molecule has 0 aliphatic carbocycles. The Balaban J connectivity index is 1.01. The monoisotopic (exact) mass is 842 g/mol. The van der Waals surface area contributed by atoms with Crippen LogP contribution in [0.15, 0.2) is 97.1 Å². The van der Waals surface area contributed by atoms with Crippen molar-refractivity contribution < 1.29 is 38.2 Å². The summed E-state index contributed by atoms with van der Waals surface area (Å²) in [5, 5.41) is 11.2. The van der Waals surface area contributed by atoms with Crippen molar-refractivity contribution in [3.63, 3.8) is 0 Å². The Hall–Kier alpha value is -6.96. The van der Waals surface area contributed by atoms with Crippen molar-refractivity contribution in [2.75, 3.05) is 34.4 Å². The first-order valence-corrected chi connectivity index (χ1v) is 20.7. The first kappa shape index (κ1) is 44.6. The van der Waals surface area contributed by atoms with Crippen LogP contribution in [0.2, 0.25) is 0 Å². The number of carbonyl (C=O) groups excluding carboxylic acids is 6. The van der Waals surface area contributed by atoms with E-state index in [0.717, 1.165) is 11.1 Å². The van der Waals surface area contributed by atoms with Crippen LogP contribution in [-0.4, -0.2) is 82.0 Å². The van der Waals surface area contributed by atoms with Gasteiger partial charge in [-0.05, 0) is 127 Å². The summed E-state index contributed by atoms with van der Waals surface area (Å²) in [6.45, 7) is 11.3. The van der Waals surface area contributed by atoms with Gasteiger partial charge in [0.1, 0.15) is 23.3 Å². The topological polar surface area (TPSA) is 175 Å². The fourth-order valence-electron chi connectivity index (χ4n) is 7.26. The minimum atomic E-state index is -0.710. The molecule has 4 aromatic rings. The lowest BCUT2D eigenvalue weighted by Crippen LogP contribution is -2.43. The number of para-hydroxylation sites is 2. The highest BCUT2D eigenvalue weighted by atomic mass is 16.6. The van der Waals surface area contributed by atoms with Crippen LogP contribution in [0.1, 0.15) is 99.1 Å². The molecule has 6 amide bonds. The van der Waals surface area contributed by atoms with E-state index in [1.54, 1.807) is 124 Å². The Morgan fingerprint density at radius 2 is 0.871 bits per heavy atom. The first-order chi connectivity index (χ1) is 29.4. The first-order valence-electron chi connectivity index (χ1n) is 20.7. The number of ether oxygens (including phenoxy) is 2. The molecule has 2 heterocycles. The highest BCUT2D eigenvalue weighted by Gasteiger charge is 2.37. The van der Waals surface area contributed by atoms with Crippen LogP contribution >= 0.6 is 0 Å². The lowest BCUT2D eigenvalue weighted by Gasteiger charge is -2.25. The van der Waals surface area contributed by atoms with Gasteiger partial charge in [-0.2, -0.15) is 0 Å². The van der Waals surface area contributed by atoms with E-state index < -0.39 is 35.5 Å². The van der Waals surface area contributed by atoms with Crippen LogP contribution in [0, 0.1) is 0 Å². The van der Waals surface area contributed by atoms with Crippen LogP contribution in [0.4, 0.5) is 32.3 Å². The SMILES string of the molecule is CC(C)(C)OC(=O)Nc1ccccc1C(=O)N1CCC[C@H]1C(=O)Nc1ccc(C=Cc2ccc(NC(=O)[C@@H]3CCCN3C(=O)c3ccccc3NC(=O)OC(C)(C)C)cc2)cc1. The molecule has 4 N–H and O–H groups in total. The maximum Gasteiger partial charge on any atom is 0.412 e. The summed E-state index contributed by atoms with van der Waals surface area (Å²) in [4.78, 5) is 82.3. The lowest BCUT2D eigenvalue weighted by molar-refractivity contribution is -0.120. The van der Waals surface area contributed by atoms with E-state index in [2.05, 4.69) is 21.3 Å². The van der Waals surface area contributed by atoms with Crippen molar-refractivity contribution in [1.82, 2.24) is 9.80 Å². The second-order valence-corrected chi connectivity index (χ2v) is 17.2.